The Morgan fingerprint density at radius 2 is 0.772 bits per heavy atom. The fraction of sp³-hybridized carbons (Fsp3) is 0.0943. The summed E-state index contributed by atoms with van der Waals surface area (Å²) in [6.45, 7) is -1.77. The fourth-order valence-corrected chi connectivity index (χ4v) is 24.9. The van der Waals surface area contributed by atoms with E-state index in [2.05, 4.69) is 238 Å². The van der Waals surface area contributed by atoms with Gasteiger partial charge in [0.2, 0.25) is 0 Å². The minimum atomic E-state index is -3.37. The Hall–Kier alpha value is -4.42. The molecule has 1 aliphatic rings. The van der Waals surface area contributed by atoms with E-state index in [9.17, 15) is 0 Å². The first kappa shape index (κ1) is 40.8. The van der Waals surface area contributed by atoms with E-state index in [0.717, 1.165) is 12.3 Å². The average molecular weight is 909 g/mol. The first-order valence-corrected chi connectivity index (χ1v) is 24.6. The second-order valence-electron chi connectivity index (χ2n) is 15.1. The van der Waals surface area contributed by atoms with Crippen molar-refractivity contribution in [1.82, 2.24) is 0 Å². The van der Waals surface area contributed by atoms with Gasteiger partial charge in [0.05, 0.1) is 0 Å². The van der Waals surface area contributed by atoms with Gasteiger partial charge in [-0.3, -0.25) is 0 Å². The average Bonchev–Trinajstić information content (AvgIpc) is 3.28. The van der Waals surface area contributed by atoms with Gasteiger partial charge in [-0.15, -0.1) is 34.0 Å². The van der Waals surface area contributed by atoms with Crippen LogP contribution >= 0.6 is 47.2 Å². The normalized spacial score (nSPS) is 14.9. The van der Waals surface area contributed by atoms with Crippen LogP contribution in [0.1, 0.15) is 30.6 Å². The molecule has 8 aromatic rings. The standard InChI is InChI=1S/C53H48P2.2BrH/c1-3-54(43-25-11-5-12-26-43,44-27-13-6-14-28-44,45-29-15-7-16-30-45)51-40-38-42-24-23-37-49-52(41-39-50(51)53(42)49)55(4-2,46-31-17-8-18-32-46,47-33-19-9-20-34-47)48-35-21-10-22-36-48;;/h5-41,52H,3-4H2,1-2H3;2*1H. The van der Waals surface area contributed by atoms with Gasteiger partial charge >= 0.3 is 329 Å². The van der Waals surface area contributed by atoms with Crippen molar-refractivity contribution in [3.05, 3.63) is 230 Å². The maximum absolute atomic E-state index is 3.37. The molecular formula is C53H50Br2P2. The zero-order chi connectivity index (χ0) is 37.4. The van der Waals surface area contributed by atoms with E-state index in [1.165, 1.54) is 59.0 Å². The van der Waals surface area contributed by atoms with Gasteiger partial charge in [0.15, 0.2) is 0 Å². The number of halogens is 2. The third kappa shape index (κ3) is 5.52. The van der Waals surface area contributed by atoms with E-state index in [0.29, 0.717) is 0 Å². The molecule has 1 atom stereocenters. The molecule has 0 fully saturated rings. The Labute approximate surface area is 360 Å². The Kier molecular flexibility index (Phi) is 11.5. The maximum atomic E-state index is 2.64. The molecule has 0 nitrogen and oxygen atoms in total. The van der Waals surface area contributed by atoms with Gasteiger partial charge in [-0.2, -0.15) is 0 Å². The summed E-state index contributed by atoms with van der Waals surface area (Å²) in [6, 6.07) is 81.0. The van der Waals surface area contributed by atoms with Crippen LogP contribution in [0, 0.1) is 0 Å². The van der Waals surface area contributed by atoms with Crippen LogP contribution in [0.25, 0.3) is 16.8 Å². The predicted molar refractivity (Wildman–Crippen MR) is 267 cm³/mol. The molecule has 0 saturated heterocycles. The molecular weight excluding hydrogens is 858 g/mol. The zero-order valence-corrected chi connectivity index (χ0v) is 37.8. The van der Waals surface area contributed by atoms with Gasteiger partial charge < -0.3 is 0 Å². The molecule has 0 N–H and O–H groups in total. The summed E-state index contributed by atoms with van der Waals surface area (Å²) in [5.41, 5.74) is 2.91. The molecule has 4 heteroatoms. The van der Waals surface area contributed by atoms with E-state index in [4.69, 9.17) is 0 Å². The van der Waals surface area contributed by atoms with Gasteiger partial charge in [-0.1, -0.05) is 0 Å². The topological polar surface area (TPSA) is 0 Å². The molecule has 9 rings (SSSR count). The molecule has 0 radical (unpaired) electrons. The van der Waals surface area contributed by atoms with E-state index in [1.54, 1.807) is 0 Å². The summed E-state index contributed by atoms with van der Waals surface area (Å²) in [5.74, 6) is 0. The molecule has 0 aliphatic heterocycles. The van der Waals surface area contributed by atoms with Gasteiger partial charge in [0, 0.05) is 0 Å². The van der Waals surface area contributed by atoms with Crippen LogP contribution in [0.15, 0.2) is 218 Å². The minimum absolute atomic E-state index is 0. The second kappa shape index (κ2) is 16.1. The van der Waals surface area contributed by atoms with E-state index < -0.39 is 13.2 Å². The molecule has 1 unspecified atom stereocenters. The van der Waals surface area contributed by atoms with Gasteiger partial charge in [-0.25, -0.2) is 0 Å². The van der Waals surface area contributed by atoms with E-state index in [1.807, 2.05) is 0 Å². The van der Waals surface area contributed by atoms with Crippen molar-refractivity contribution in [2.45, 2.75) is 19.5 Å². The molecule has 0 amide bonds. The summed E-state index contributed by atoms with van der Waals surface area (Å²) in [6.07, 6.45) is 7.16. The fourth-order valence-electron chi connectivity index (χ4n) is 10.9. The van der Waals surface area contributed by atoms with Crippen molar-refractivity contribution < 1.29 is 0 Å². The quantitative estimate of drug-likeness (QED) is 0.120. The predicted octanol–water partition coefficient (Wildman–Crippen LogP) is 11.8. The number of hydrogen-bond acceptors (Lipinski definition) is 0. The van der Waals surface area contributed by atoms with Crippen molar-refractivity contribution in [3.8, 4) is 0 Å². The number of allylic oxidation sites excluding steroid dienone is 1. The Bertz CT molecular complexity index is 2430. The van der Waals surface area contributed by atoms with E-state index >= 15 is 0 Å². The SMILES string of the molecule is Br.Br.CCP(c1ccccc1)(c1ccccc1)(c1ccccc1)c1ccc2cccc3c2c1C=CC3P(CC)(c1ccccc1)(c1ccccc1)c1ccccc1. The number of benzene rings is 8. The molecule has 286 valence electrons. The molecule has 0 spiro atoms. The summed E-state index contributed by atoms with van der Waals surface area (Å²) >= 11 is 0. The summed E-state index contributed by atoms with van der Waals surface area (Å²) < 4.78 is 0. The van der Waals surface area contributed by atoms with Crippen molar-refractivity contribution in [3.63, 3.8) is 0 Å². The molecule has 57 heavy (non-hydrogen) atoms. The van der Waals surface area contributed by atoms with Crippen LogP contribution in [0.3, 0.4) is 0 Å². The van der Waals surface area contributed by atoms with Crippen molar-refractivity contribution in [2.75, 3.05) is 12.3 Å². The number of hydrogen-bond donors (Lipinski definition) is 0. The van der Waals surface area contributed by atoms with Crippen molar-refractivity contribution >= 4 is 101 Å². The zero-order valence-electron chi connectivity index (χ0n) is 32.6. The van der Waals surface area contributed by atoms with Crippen LogP contribution in [0.5, 0.6) is 0 Å². The third-order valence-electron chi connectivity index (χ3n) is 13.3. The Morgan fingerprint density at radius 1 is 0.386 bits per heavy atom. The Balaban J connectivity index is 0.00000248. The Morgan fingerprint density at radius 3 is 1.14 bits per heavy atom. The first-order valence-electron chi connectivity index (χ1n) is 19.7. The van der Waals surface area contributed by atoms with Crippen LogP contribution < -0.4 is 37.1 Å². The number of rotatable bonds is 10. The van der Waals surface area contributed by atoms with Gasteiger partial charge in [0.1, 0.15) is 0 Å². The molecule has 0 aromatic heterocycles. The third-order valence-corrected chi connectivity index (χ3v) is 27.8. The molecule has 0 saturated carbocycles. The summed E-state index contributed by atoms with van der Waals surface area (Å²) in [5, 5.41) is 12.7. The summed E-state index contributed by atoms with van der Waals surface area (Å²) in [4.78, 5) is 0. The first-order chi connectivity index (χ1) is 27.1. The summed E-state index contributed by atoms with van der Waals surface area (Å²) in [7, 11) is 0. The molecule has 0 bridgehead atoms. The van der Waals surface area contributed by atoms with Gasteiger partial charge in [0.25, 0.3) is 0 Å². The van der Waals surface area contributed by atoms with Crippen LogP contribution in [0.2, 0.25) is 0 Å². The van der Waals surface area contributed by atoms with E-state index in [-0.39, 0.29) is 39.6 Å². The second-order valence-corrected chi connectivity index (χ2v) is 25.8. The van der Waals surface area contributed by atoms with Crippen LogP contribution in [-0.2, 0) is 0 Å². The van der Waals surface area contributed by atoms with Crippen LogP contribution in [-0.4, -0.2) is 12.3 Å². The van der Waals surface area contributed by atoms with Crippen molar-refractivity contribution in [2.24, 2.45) is 0 Å². The van der Waals surface area contributed by atoms with Crippen LogP contribution in [0.4, 0.5) is 0 Å². The van der Waals surface area contributed by atoms with Crippen molar-refractivity contribution in [1.29, 1.82) is 0 Å². The monoisotopic (exact) mass is 906 g/mol. The molecule has 0 heterocycles. The van der Waals surface area contributed by atoms with Gasteiger partial charge in [-0.05, 0) is 0 Å². The molecule has 1 aliphatic carbocycles. The molecule has 8 aromatic carbocycles.